The highest BCUT2D eigenvalue weighted by Crippen LogP contribution is 2.30. The van der Waals surface area contributed by atoms with E-state index in [0.29, 0.717) is 6.04 Å². The van der Waals surface area contributed by atoms with Crippen molar-refractivity contribution in [1.29, 1.82) is 0 Å². The van der Waals surface area contributed by atoms with Crippen LogP contribution in [0.3, 0.4) is 0 Å². The smallest absolute Gasteiger partial charge is 0.310 e. The summed E-state index contributed by atoms with van der Waals surface area (Å²) < 4.78 is 5.49. The Kier molecular flexibility index (Phi) is 7.86. The number of rotatable bonds is 6. The molecule has 2 fully saturated rings. The largest absolute Gasteiger partial charge is 0.477 e. The lowest BCUT2D eigenvalue weighted by molar-refractivity contribution is -0.385. The SMILES string of the molecule is CN(C(=O)COc1ccccc1[N+](=O)[O-])C1CCCCC1N1CCCC1.Cl. The van der Waals surface area contributed by atoms with Crippen molar-refractivity contribution < 1.29 is 14.5 Å². The molecular weight excluding hydrogens is 370 g/mol. The van der Waals surface area contributed by atoms with Crippen LogP contribution in [0.5, 0.6) is 5.75 Å². The summed E-state index contributed by atoms with van der Waals surface area (Å²) in [7, 11) is 1.84. The standard InChI is InChI=1S/C19H27N3O4.ClH/c1-20(15-8-2-3-9-16(15)21-12-6-7-13-21)19(23)14-26-18-11-5-4-10-17(18)22(24)25;/h4-5,10-11,15-16H,2-3,6-9,12-14H2,1H3;1H. The fraction of sp³-hybridized carbons (Fsp3) is 0.632. The average molecular weight is 398 g/mol. The maximum atomic E-state index is 12.7. The Hall–Kier alpha value is -1.86. The van der Waals surface area contributed by atoms with Gasteiger partial charge >= 0.3 is 5.69 Å². The quantitative estimate of drug-likeness (QED) is 0.544. The fourth-order valence-corrected chi connectivity index (χ4v) is 4.20. The van der Waals surface area contributed by atoms with E-state index >= 15 is 0 Å². The molecule has 2 unspecified atom stereocenters. The van der Waals surface area contributed by atoms with Crippen LogP contribution in [0.4, 0.5) is 5.69 Å². The summed E-state index contributed by atoms with van der Waals surface area (Å²) >= 11 is 0. The monoisotopic (exact) mass is 397 g/mol. The van der Waals surface area contributed by atoms with E-state index in [0.717, 1.165) is 32.4 Å². The van der Waals surface area contributed by atoms with Crippen molar-refractivity contribution >= 4 is 24.0 Å². The van der Waals surface area contributed by atoms with Gasteiger partial charge in [0.05, 0.1) is 4.92 Å². The second kappa shape index (κ2) is 9.90. The van der Waals surface area contributed by atoms with Gasteiger partial charge in [0.2, 0.25) is 0 Å². The minimum Gasteiger partial charge on any atom is -0.477 e. The molecular formula is C19H28ClN3O4. The number of hydrogen-bond donors (Lipinski definition) is 0. The van der Waals surface area contributed by atoms with E-state index in [9.17, 15) is 14.9 Å². The van der Waals surface area contributed by atoms with Crippen molar-refractivity contribution in [3.05, 3.63) is 34.4 Å². The fourth-order valence-electron chi connectivity index (χ4n) is 4.20. The molecule has 7 nitrogen and oxygen atoms in total. The van der Waals surface area contributed by atoms with Crippen molar-refractivity contribution in [3.63, 3.8) is 0 Å². The topological polar surface area (TPSA) is 75.9 Å². The lowest BCUT2D eigenvalue weighted by Crippen LogP contribution is -2.54. The number of hydrogen-bond acceptors (Lipinski definition) is 5. The van der Waals surface area contributed by atoms with Crippen LogP contribution in [0.25, 0.3) is 0 Å². The Balaban J connectivity index is 0.00000261. The summed E-state index contributed by atoms with van der Waals surface area (Å²) in [6.07, 6.45) is 6.97. The number of nitrogens with zero attached hydrogens (tertiary/aromatic N) is 3. The van der Waals surface area contributed by atoms with Gasteiger partial charge in [0.1, 0.15) is 0 Å². The van der Waals surface area contributed by atoms with Gasteiger partial charge in [-0.3, -0.25) is 19.8 Å². The number of carbonyl (C=O) groups excluding carboxylic acids is 1. The van der Waals surface area contributed by atoms with E-state index < -0.39 is 4.92 Å². The molecule has 1 aromatic carbocycles. The number of nitro benzene ring substituents is 1. The van der Waals surface area contributed by atoms with Crippen LogP contribution in [0.15, 0.2) is 24.3 Å². The first kappa shape index (κ1) is 21.4. The van der Waals surface area contributed by atoms with Crippen LogP contribution in [0.1, 0.15) is 38.5 Å². The molecule has 0 aromatic heterocycles. The van der Waals surface area contributed by atoms with Gasteiger partial charge < -0.3 is 9.64 Å². The minimum absolute atomic E-state index is 0. The van der Waals surface area contributed by atoms with Crippen molar-refractivity contribution in [3.8, 4) is 5.75 Å². The van der Waals surface area contributed by atoms with Crippen LogP contribution in [-0.4, -0.2) is 59.5 Å². The number of nitro groups is 1. The van der Waals surface area contributed by atoms with Gasteiger partial charge in [-0.15, -0.1) is 12.4 Å². The first-order chi connectivity index (χ1) is 12.6. The van der Waals surface area contributed by atoms with E-state index in [2.05, 4.69) is 4.90 Å². The molecule has 1 saturated carbocycles. The normalized spacial score (nSPS) is 22.7. The van der Waals surface area contributed by atoms with Crippen LogP contribution < -0.4 is 4.74 Å². The highest BCUT2D eigenvalue weighted by atomic mass is 35.5. The van der Waals surface area contributed by atoms with E-state index in [1.807, 2.05) is 7.05 Å². The third-order valence-corrected chi connectivity index (χ3v) is 5.61. The van der Waals surface area contributed by atoms with Crippen LogP contribution in [0, 0.1) is 10.1 Å². The van der Waals surface area contributed by atoms with Crippen molar-refractivity contribution in [2.45, 2.75) is 50.6 Å². The Morgan fingerprint density at radius 1 is 1.22 bits per heavy atom. The van der Waals surface area contributed by atoms with Gasteiger partial charge in [-0.1, -0.05) is 25.0 Å². The maximum Gasteiger partial charge on any atom is 0.310 e. The van der Waals surface area contributed by atoms with Crippen molar-refractivity contribution in [2.75, 3.05) is 26.7 Å². The summed E-state index contributed by atoms with van der Waals surface area (Å²) in [6.45, 7) is 2.07. The molecule has 0 spiro atoms. The molecule has 27 heavy (non-hydrogen) atoms. The molecule has 1 aliphatic carbocycles. The average Bonchev–Trinajstić information content (AvgIpc) is 3.20. The molecule has 1 heterocycles. The number of ether oxygens (including phenoxy) is 1. The van der Waals surface area contributed by atoms with E-state index in [4.69, 9.17) is 4.74 Å². The third-order valence-electron chi connectivity index (χ3n) is 5.61. The molecule has 1 aromatic rings. The Morgan fingerprint density at radius 3 is 2.59 bits per heavy atom. The molecule has 150 valence electrons. The van der Waals surface area contributed by atoms with Gasteiger partial charge in [0, 0.05) is 25.2 Å². The Bertz CT molecular complexity index is 652. The number of para-hydroxylation sites is 2. The highest BCUT2D eigenvalue weighted by Gasteiger charge is 2.35. The molecule has 2 aliphatic rings. The van der Waals surface area contributed by atoms with Crippen molar-refractivity contribution in [2.24, 2.45) is 0 Å². The lowest BCUT2D eigenvalue weighted by atomic mass is 9.88. The van der Waals surface area contributed by atoms with E-state index in [1.165, 1.54) is 31.4 Å². The zero-order chi connectivity index (χ0) is 18.5. The van der Waals surface area contributed by atoms with E-state index in [-0.39, 0.29) is 42.4 Å². The van der Waals surface area contributed by atoms with Gasteiger partial charge in [-0.2, -0.15) is 0 Å². The summed E-state index contributed by atoms with van der Waals surface area (Å²) in [5.74, 6) is 0.0123. The van der Waals surface area contributed by atoms with Gasteiger partial charge in [0.15, 0.2) is 12.4 Å². The minimum atomic E-state index is -0.492. The van der Waals surface area contributed by atoms with Crippen molar-refractivity contribution in [1.82, 2.24) is 9.80 Å². The van der Waals surface area contributed by atoms with Gasteiger partial charge in [0.25, 0.3) is 5.91 Å². The number of carbonyl (C=O) groups is 1. The first-order valence-corrected chi connectivity index (χ1v) is 9.44. The molecule has 1 aliphatic heterocycles. The predicted octanol–water partition coefficient (Wildman–Crippen LogP) is 3.26. The summed E-state index contributed by atoms with van der Waals surface area (Å²) in [6, 6.07) is 6.78. The number of halogens is 1. The van der Waals surface area contributed by atoms with Crippen LogP contribution >= 0.6 is 12.4 Å². The summed E-state index contributed by atoms with van der Waals surface area (Å²) in [5.41, 5.74) is -0.115. The first-order valence-electron chi connectivity index (χ1n) is 9.44. The number of benzene rings is 1. The summed E-state index contributed by atoms with van der Waals surface area (Å²) in [5, 5.41) is 11.1. The molecule has 3 rings (SSSR count). The molecule has 1 amide bonds. The van der Waals surface area contributed by atoms with Crippen LogP contribution in [0.2, 0.25) is 0 Å². The van der Waals surface area contributed by atoms with Gasteiger partial charge in [-0.25, -0.2) is 0 Å². The number of likely N-dealkylation sites (tertiary alicyclic amines) is 1. The summed E-state index contributed by atoms with van der Waals surface area (Å²) in [4.78, 5) is 27.6. The zero-order valence-corrected chi connectivity index (χ0v) is 16.5. The molecule has 0 N–H and O–H groups in total. The predicted molar refractivity (Wildman–Crippen MR) is 105 cm³/mol. The third kappa shape index (κ3) is 5.11. The molecule has 1 saturated heterocycles. The highest BCUT2D eigenvalue weighted by molar-refractivity contribution is 5.85. The second-order valence-electron chi connectivity index (χ2n) is 7.18. The Labute approximate surface area is 166 Å². The second-order valence-corrected chi connectivity index (χ2v) is 7.18. The molecule has 8 heteroatoms. The molecule has 2 atom stereocenters. The lowest BCUT2D eigenvalue weighted by Gasteiger charge is -2.42. The maximum absolute atomic E-state index is 12.7. The molecule has 0 radical (unpaired) electrons. The number of likely N-dealkylation sites (N-methyl/N-ethyl adjacent to an activating group) is 1. The Morgan fingerprint density at radius 2 is 1.89 bits per heavy atom. The number of amides is 1. The van der Waals surface area contributed by atoms with Gasteiger partial charge in [-0.05, 0) is 44.8 Å². The van der Waals surface area contributed by atoms with Crippen LogP contribution in [-0.2, 0) is 4.79 Å². The molecule has 0 bridgehead atoms. The van der Waals surface area contributed by atoms with E-state index in [1.54, 1.807) is 17.0 Å². The zero-order valence-electron chi connectivity index (χ0n) is 15.7.